The molecule has 0 unspecified atom stereocenters. The molecular weight excluding hydrogens is 354 g/mol. The van der Waals surface area contributed by atoms with E-state index in [-0.39, 0.29) is 11.8 Å². The Balaban J connectivity index is 1.63. The Kier molecular flexibility index (Phi) is 5.30. The van der Waals surface area contributed by atoms with Crippen molar-refractivity contribution in [2.45, 2.75) is 39.2 Å². The third-order valence-corrected chi connectivity index (χ3v) is 6.09. The normalized spacial score (nSPS) is 14.4. The quantitative estimate of drug-likeness (QED) is 0.611. The van der Waals surface area contributed by atoms with E-state index in [1.54, 1.807) is 0 Å². The summed E-state index contributed by atoms with van der Waals surface area (Å²) in [5.41, 5.74) is 3.36. The zero-order chi connectivity index (χ0) is 18.6. The Morgan fingerprint density at radius 1 is 1.04 bits per heavy atom. The lowest BCUT2D eigenvalue weighted by Gasteiger charge is -2.23. The van der Waals surface area contributed by atoms with Crippen LogP contribution in [-0.2, 0) is 11.3 Å². The summed E-state index contributed by atoms with van der Waals surface area (Å²) < 4.78 is 0. The molecule has 1 aliphatic carbocycles. The van der Waals surface area contributed by atoms with E-state index in [9.17, 15) is 4.79 Å². The third-order valence-electron chi connectivity index (χ3n) is 5.10. The highest BCUT2D eigenvalue weighted by Crippen LogP contribution is 2.33. The molecule has 1 aromatic heterocycles. The van der Waals surface area contributed by atoms with Crippen LogP contribution in [0.15, 0.2) is 54.6 Å². The minimum atomic E-state index is 0.111. The summed E-state index contributed by atoms with van der Waals surface area (Å²) >= 11 is 1.49. The molecule has 1 heterocycles. The fraction of sp³-hybridized carbons (Fsp3) is 0.318. The molecule has 0 N–H and O–H groups in total. The van der Waals surface area contributed by atoms with E-state index in [1.165, 1.54) is 16.9 Å². The van der Waals surface area contributed by atoms with Crippen molar-refractivity contribution in [3.05, 3.63) is 65.7 Å². The summed E-state index contributed by atoms with van der Waals surface area (Å²) in [6.45, 7) is 2.61. The predicted molar refractivity (Wildman–Crippen MR) is 110 cm³/mol. The predicted octanol–water partition coefficient (Wildman–Crippen LogP) is 5.24. The van der Waals surface area contributed by atoms with Gasteiger partial charge < -0.3 is 0 Å². The van der Waals surface area contributed by atoms with Gasteiger partial charge in [-0.05, 0) is 25.3 Å². The van der Waals surface area contributed by atoms with Gasteiger partial charge in [0, 0.05) is 11.5 Å². The minimum absolute atomic E-state index is 0.111. The SMILES string of the molecule is Cc1ccc(CN(C(=O)C2CCCC2)c2nnc(-c3ccccc3)s2)cc1. The molecule has 1 aliphatic rings. The first-order valence-corrected chi connectivity index (χ1v) is 10.3. The molecule has 5 heteroatoms. The molecule has 2 aromatic carbocycles. The number of aromatic nitrogens is 2. The molecule has 0 saturated heterocycles. The molecule has 4 rings (SSSR count). The molecule has 0 atom stereocenters. The van der Waals surface area contributed by atoms with E-state index in [0.717, 1.165) is 41.8 Å². The summed E-state index contributed by atoms with van der Waals surface area (Å²) in [5.74, 6) is 0.295. The Bertz CT molecular complexity index is 899. The fourth-order valence-electron chi connectivity index (χ4n) is 3.53. The third kappa shape index (κ3) is 4.08. The van der Waals surface area contributed by atoms with Crippen LogP contribution in [0.25, 0.3) is 10.6 Å². The first-order chi connectivity index (χ1) is 13.2. The van der Waals surface area contributed by atoms with Crippen molar-refractivity contribution in [2.24, 2.45) is 5.92 Å². The van der Waals surface area contributed by atoms with Crippen molar-refractivity contribution in [1.82, 2.24) is 10.2 Å². The highest BCUT2D eigenvalue weighted by molar-refractivity contribution is 7.18. The zero-order valence-corrected chi connectivity index (χ0v) is 16.3. The van der Waals surface area contributed by atoms with Crippen molar-refractivity contribution >= 4 is 22.4 Å². The maximum absolute atomic E-state index is 13.2. The van der Waals surface area contributed by atoms with Crippen LogP contribution in [-0.4, -0.2) is 16.1 Å². The molecule has 1 saturated carbocycles. The molecule has 27 heavy (non-hydrogen) atoms. The first-order valence-electron chi connectivity index (χ1n) is 9.46. The largest absolute Gasteiger partial charge is 0.282 e. The summed E-state index contributed by atoms with van der Waals surface area (Å²) in [4.78, 5) is 15.1. The second kappa shape index (κ2) is 8.01. The van der Waals surface area contributed by atoms with Crippen molar-refractivity contribution in [3.8, 4) is 10.6 Å². The number of hydrogen-bond donors (Lipinski definition) is 0. The number of benzene rings is 2. The number of nitrogens with zero attached hydrogens (tertiary/aromatic N) is 3. The Hall–Kier alpha value is -2.53. The first kappa shape index (κ1) is 17.9. The Morgan fingerprint density at radius 2 is 1.74 bits per heavy atom. The van der Waals surface area contributed by atoms with Crippen molar-refractivity contribution < 1.29 is 4.79 Å². The molecule has 0 aliphatic heterocycles. The van der Waals surface area contributed by atoms with Gasteiger partial charge in [0.05, 0.1) is 6.54 Å². The maximum Gasteiger partial charge on any atom is 0.232 e. The van der Waals surface area contributed by atoms with Crippen LogP contribution in [0.5, 0.6) is 0 Å². The maximum atomic E-state index is 13.2. The zero-order valence-electron chi connectivity index (χ0n) is 15.5. The molecule has 0 radical (unpaired) electrons. The van der Waals surface area contributed by atoms with Crippen LogP contribution < -0.4 is 4.90 Å². The van der Waals surface area contributed by atoms with E-state index in [0.29, 0.717) is 11.7 Å². The van der Waals surface area contributed by atoms with Crippen LogP contribution in [0.3, 0.4) is 0 Å². The highest BCUT2D eigenvalue weighted by Gasteiger charge is 2.30. The molecule has 0 spiro atoms. The lowest BCUT2D eigenvalue weighted by Crippen LogP contribution is -2.34. The summed E-state index contributed by atoms with van der Waals surface area (Å²) in [5, 5.41) is 10.3. The topological polar surface area (TPSA) is 46.1 Å². The van der Waals surface area contributed by atoms with Crippen LogP contribution in [0.2, 0.25) is 0 Å². The molecule has 138 valence electrons. The summed E-state index contributed by atoms with van der Waals surface area (Å²) in [6, 6.07) is 18.4. The second-order valence-electron chi connectivity index (χ2n) is 7.15. The number of aryl methyl sites for hydroxylation is 1. The smallest absolute Gasteiger partial charge is 0.232 e. The van der Waals surface area contributed by atoms with Crippen LogP contribution in [0.4, 0.5) is 5.13 Å². The molecule has 1 amide bonds. The van der Waals surface area contributed by atoms with Crippen LogP contribution >= 0.6 is 11.3 Å². The Labute approximate surface area is 163 Å². The summed E-state index contributed by atoms with van der Waals surface area (Å²) in [6.07, 6.45) is 4.24. The van der Waals surface area contributed by atoms with Gasteiger partial charge in [-0.2, -0.15) is 0 Å². The van der Waals surface area contributed by atoms with Gasteiger partial charge in [-0.15, -0.1) is 10.2 Å². The number of carbonyl (C=O) groups excluding carboxylic acids is 1. The molecule has 4 nitrogen and oxygen atoms in total. The van der Waals surface area contributed by atoms with E-state index in [1.807, 2.05) is 35.2 Å². The molecule has 1 fully saturated rings. The highest BCUT2D eigenvalue weighted by atomic mass is 32.1. The average molecular weight is 378 g/mol. The lowest BCUT2D eigenvalue weighted by molar-refractivity contribution is -0.122. The van der Waals surface area contributed by atoms with Crippen molar-refractivity contribution in [2.75, 3.05) is 4.90 Å². The fourth-order valence-corrected chi connectivity index (χ4v) is 4.39. The number of amides is 1. The van der Waals surface area contributed by atoms with Gasteiger partial charge in [0.15, 0.2) is 0 Å². The van der Waals surface area contributed by atoms with Gasteiger partial charge in [0.25, 0.3) is 0 Å². The van der Waals surface area contributed by atoms with Crippen molar-refractivity contribution in [3.63, 3.8) is 0 Å². The van der Waals surface area contributed by atoms with Crippen molar-refractivity contribution in [1.29, 1.82) is 0 Å². The number of rotatable bonds is 5. The van der Waals surface area contributed by atoms with Crippen LogP contribution in [0, 0.1) is 12.8 Å². The number of anilines is 1. The monoisotopic (exact) mass is 377 g/mol. The van der Waals surface area contributed by atoms with Gasteiger partial charge in [0.2, 0.25) is 11.0 Å². The molecule has 0 bridgehead atoms. The van der Waals surface area contributed by atoms with Gasteiger partial charge in [-0.1, -0.05) is 84.3 Å². The van der Waals surface area contributed by atoms with E-state index < -0.39 is 0 Å². The summed E-state index contributed by atoms with van der Waals surface area (Å²) in [7, 11) is 0. The minimum Gasteiger partial charge on any atom is -0.282 e. The number of hydrogen-bond acceptors (Lipinski definition) is 4. The number of carbonyl (C=O) groups is 1. The standard InChI is InChI=1S/C22H23N3OS/c1-16-11-13-17(14-12-16)15-25(21(26)19-9-5-6-10-19)22-24-23-20(27-22)18-7-3-2-4-8-18/h2-4,7-8,11-14,19H,5-6,9-10,15H2,1H3. The van der Waals surface area contributed by atoms with E-state index in [4.69, 9.17) is 0 Å². The van der Waals surface area contributed by atoms with Gasteiger partial charge in [-0.25, -0.2) is 0 Å². The van der Waals surface area contributed by atoms with Gasteiger partial charge >= 0.3 is 0 Å². The lowest BCUT2D eigenvalue weighted by atomic mass is 10.1. The van der Waals surface area contributed by atoms with Gasteiger partial charge in [0.1, 0.15) is 5.01 Å². The Morgan fingerprint density at radius 3 is 2.44 bits per heavy atom. The second-order valence-corrected chi connectivity index (χ2v) is 8.10. The van der Waals surface area contributed by atoms with Crippen LogP contribution in [0.1, 0.15) is 36.8 Å². The van der Waals surface area contributed by atoms with Gasteiger partial charge in [-0.3, -0.25) is 9.69 Å². The average Bonchev–Trinajstić information content (AvgIpc) is 3.40. The molecule has 3 aromatic rings. The van der Waals surface area contributed by atoms with E-state index in [2.05, 4.69) is 41.4 Å². The van der Waals surface area contributed by atoms with E-state index >= 15 is 0 Å². The molecular formula is C22H23N3OS.